The van der Waals surface area contributed by atoms with Crippen molar-refractivity contribution in [1.29, 1.82) is 0 Å². The molecule has 0 spiro atoms. The molecule has 1 aromatic heterocycles. The molecule has 0 unspecified atom stereocenters. The van der Waals surface area contributed by atoms with Gasteiger partial charge in [-0.15, -0.1) is 5.10 Å². The average Bonchev–Trinajstić information content (AvgIpc) is 2.61. The van der Waals surface area contributed by atoms with Crippen molar-refractivity contribution in [2.75, 3.05) is 25.4 Å². The molecule has 0 aliphatic rings. The summed E-state index contributed by atoms with van der Waals surface area (Å²) in [7, 11) is 0. The molecule has 0 aliphatic carbocycles. The van der Waals surface area contributed by atoms with Crippen LogP contribution in [-0.4, -0.2) is 39.5 Å². The van der Waals surface area contributed by atoms with Crippen LogP contribution in [0.15, 0.2) is 0 Å². The van der Waals surface area contributed by atoms with Crippen LogP contribution in [0.4, 0.5) is 5.82 Å². The van der Waals surface area contributed by atoms with E-state index >= 15 is 0 Å². The Morgan fingerprint density at radius 3 is 2.44 bits per heavy atom. The van der Waals surface area contributed by atoms with Crippen LogP contribution in [-0.2, 0) is 6.54 Å². The molecule has 0 saturated heterocycles. The molecule has 2 N–H and O–H groups in total. The standard InChI is InChI=1S/C11H23N5/c1-5-15(6-2)7-8-16-10(9(3)4)11(12)13-14-16/h9H,5-8,12H2,1-4H3. The van der Waals surface area contributed by atoms with E-state index in [1.165, 1.54) is 0 Å². The van der Waals surface area contributed by atoms with Crippen molar-refractivity contribution in [3.63, 3.8) is 0 Å². The fourth-order valence-electron chi connectivity index (χ4n) is 1.87. The molecule has 1 heterocycles. The maximum atomic E-state index is 5.81. The Hall–Kier alpha value is -1.10. The molecule has 0 atom stereocenters. The van der Waals surface area contributed by atoms with Gasteiger partial charge in [-0.25, -0.2) is 4.68 Å². The summed E-state index contributed by atoms with van der Waals surface area (Å²) in [6.45, 7) is 12.6. The predicted octanol–water partition coefficient (Wildman–Crippen LogP) is 1.33. The molecule has 5 nitrogen and oxygen atoms in total. The van der Waals surface area contributed by atoms with Crippen LogP contribution in [0.3, 0.4) is 0 Å². The molecule has 16 heavy (non-hydrogen) atoms. The van der Waals surface area contributed by atoms with Crippen LogP contribution >= 0.6 is 0 Å². The lowest BCUT2D eigenvalue weighted by atomic mass is 10.1. The summed E-state index contributed by atoms with van der Waals surface area (Å²) in [5.41, 5.74) is 6.85. The van der Waals surface area contributed by atoms with Crippen molar-refractivity contribution in [2.45, 2.75) is 40.2 Å². The summed E-state index contributed by atoms with van der Waals surface area (Å²) < 4.78 is 1.93. The van der Waals surface area contributed by atoms with Crippen LogP contribution in [0.1, 0.15) is 39.3 Å². The van der Waals surface area contributed by atoms with Gasteiger partial charge in [0.15, 0.2) is 5.82 Å². The Labute approximate surface area is 97.6 Å². The fourth-order valence-corrected chi connectivity index (χ4v) is 1.87. The number of likely N-dealkylation sites (N-methyl/N-ethyl adjacent to an activating group) is 1. The van der Waals surface area contributed by atoms with Crippen LogP contribution < -0.4 is 5.73 Å². The molecule has 92 valence electrons. The second kappa shape index (κ2) is 5.84. The van der Waals surface area contributed by atoms with E-state index in [9.17, 15) is 0 Å². The van der Waals surface area contributed by atoms with Gasteiger partial charge < -0.3 is 10.6 Å². The molecular weight excluding hydrogens is 202 g/mol. The third-order valence-corrected chi connectivity index (χ3v) is 2.87. The molecule has 0 fully saturated rings. The number of rotatable bonds is 6. The summed E-state index contributed by atoms with van der Waals surface area (Å²) in [6.07, 6.45) is 0. The maximum absolute atomic E-state index is 5.81. The number of aromatic nitrogens is 3. The minimum atomic E-state index is 0.367. The van der Waals surface area contributed by atoms with Gasteiger partial charge in [-0.3, -0.25) is 0 Å². The Kier molecular flexibility index (Phi) is 4.73. The Morgan fingerprint density at radius 2 is 1.94 bits per heavy atom. The van der Waals surface area contributed by atoms with Crippen molar-refractivity contribution < 1.29 is 0 Å². The molecule has 0 radical (unpaired) electrons. The molecule has 0 bridgehead atoms. The average molecular weight is 225 g/mol. The van der Waals surface area contributed by atoms with Crippen molar-refractivity contribution in [3.8, 4) is 0 Å². The summed E-state index contributed by atoms with van der Waals surface area (Å²) in [4.78, 5) is 2.36. The number of nitrogen functional groups attached to an aromatic ring is 1. The number of anilines is 1. The smallest absolute Gasteiger partial charge is 0.169 e. The third kappa shape index (κ3) is 2.95. The summed E-state index contributed by atoms with van der Waals surface area (Å²) >= 11 is 0. The maximum Gasteiger partial charge on any atom is 0.169 e. The van der Waals surface area contributed by atoms with Gasteiger partial charge in [-0.1, -0.05) is 32.9 Å². The van der Waals surface area contributed by atoms with Gasteiger partial charge in [0.25, 0.3) is 0 Å². The van der Waals surface area contributed by atoms with E-state index in [0.29, 0.717) is 11.7 Å². The monoisotopic (exact) mass is 225 g/mol. The first kappa shape index (κ1) is 13.0. The topological polar surface area (TPSA) is 60.0 Å². The Morgan fingerprint density at radius 1 is 1.31 bits per heavy atom. The minimum absolute atomic E-state index is 0.367. The summed E-state index contributed by atoms with van der Waals surface area (Å²) in [5, 5.41) is 8.03. The second-order valence-corrected chi connectivity index (χ2v) is 4.26. The van der Waals surface area contributed by atoms with Gasteiger partial charge in [-0.05, 0) is 19.0 Å². The van der Waals surface area contributed by atoms with Crippen LogP contribution in [0, 0.1) is 0 Å². The van der Waals surface area contributed by atoms with Crippen molar-refractivity contribution >= 4 is 5.82 Å². The SMILES string of the molecule is CCN(CC)CCn1nnc(N)c1C(C)C. The van der Waals surface area contributed by atoms with E-state index in [-0.39, 0.29) is 0 Å². The van der Waals surface area contributed by atoms with E-state index in [2.05, 4.69) is 42.9 Å². The first-order valence-electron chi connectivity index (χ1n) is 6.01. The van der Waals surface area contributed by atoms with Crippen molar-refractivity contribution in [3.05, 3.63) is 5.69 Å². The zero-order valence-electron chi connectivity index (χ0n) is 10.8. The van der Waals surface area contributed by atoms with Crippen molar-refractivity contribution in [1.82, 2.24) is 19.9 Å². The van der Waals surface area contributed by atoms with Gasteiger partial charge in [0, 0.05) is 6.54 Å². The van der Waals surface area contributed by atoms with Gasteiger partial charge in [-0.2, -0.15) is 0 Å². The highest BCUT2D eigenvalue weighted by atomic mass is 15.4. The van der Waals surface area contributed by atoms with E-state index in [1.54, 1.807) is 0 Å². The molecular formula is C11H23N5. The molecule has 0 aromatic carbocycles. The highest BCUT2D eigenvalue weighted by Crippen LogP contribution is 2.18. The predicted molar refractivity (Wildman–Crippen MR) is 66.3 cm³/mol. The van der Waals surface area contributed by atoms with Gasteiger partial charge in [0.05, 0.1) is 12.2 Å². The van der Waals surface area contributed by atoms with Crippen LogP contribution in [0.25, 0.3) is 0 Å². The lowest BCUT2D eigenvalue weighted by molar-refractivity contribution is 0.282. The molecule has 0 saturated carbocycles. The van der Waals surface area contributed by atoms with E-state index in [1.807, 2.05) is 4.68 Å². The minimum Gasteiger partial charge on any atom is -0.381 e. The largest absolute Gasteiger partial charge is 0.381 e. The van der Waals surface area contributed by atoms with E-state index in [4.69, 9.17) is 5.73 Å². The zero-order valence-corrected chi connectivity index (χ0v) is 10.8. The number of hydrogen-bond acceptors (Lipinski definition) is 4. The Balaban J connectivity index is 2.67. The number of nitrogens with zero attached hydrogens (tertiary/aromatic N) is 4. The summed E-state index contributed by atoms with van der Waals surface area (Å²) in [6, 6.07) is 0. The van der Waals surface area contributed by atoms with Crippen molar-refractivity contribution in [2.24, 2.45) is 0 Å². The zero-order chi connectivity index (χ0) is 12.1. The number of hydrogen-bond donors (Lipinski definition) is 1. The number of nitrogens with two attached hydrogens (primary N) is 1. The van der Waals surface area contributed by atoms with Gasteiger partial charge >= 0.3 is 0 Å². The second-order valence-electron chi connectivity index (χ2n) is 4.26. The molecule has 5 heteroatoms. The van der Waals surface area contributed by atoms with Crippen LogP contribution in [0.5, 0.6) is 0 Å². The Bertz CT molecular complexity index is 314. The fraction of sp³-hybridized carbons (Fsp3) is 0.818. The first-order valence-corrected chi connectivity index (χ1v) is 6.01. The highest BCUT2D eigenvalue weighted by Gasteiger charge is 2.13. The summed E-state index contributed by atoms with van der Waals surface area (Å²) in [5.74, 6) is 0.932. The van der Waals surface area contributed by atoms with E-state index < -0.39 is 0 Å². The van der Waals surface area contributed by atoms with E-state index in [0.717, 1.165) is 31.9 Å². The lowest BCUT2D eigenvalue weighted by Gasteiger charge is -2.18. The molecule has 1 rings (SSSR count). The lowest BCUT2D eigenvalue weighted by Crippen LogP contribution is -2.28. The van der Waals surface area contributed by atoms with Gasteiger partial charge in [0.2, 0.25) is 0 Å². The first-order chi connectivity index (χ1) is 7.60. The quantitative estimate of drug-likeness (QED) is 0.793. The normalized spacial score (nSPS) is 11.6. The molecule has 0 amide bonds. The highest BCUT2D eigenvalue weighted by molar-refractivity contribution is 5.35. The molecule has 1 aromatic rings. The molecule has 0 aliphatic heterocycles. The van der Waals surface area contributed by atoms with Gasteiger partial charge in [0.1, 0.15) is 0 Å². The van der Waals surface area contributed by atoms with Crippen LogP contribution in [0.2, 0.25) is 0 Å². The third-order valence-electron chi connectivity index (χ3n) is 2.87.